The molecule has 2 aromatic heterocycles. The minimum atomic E-state index is 0.508. The van der Waals surface area contributed by atoms with Crippen molar-refractivity contribution in [3.05, 3.63) is 224 Å². The van der Waals surface area contributed by atoms with Gasteiger partial charge in [0, 0.05) is 28.3 Å². The monoisotopic (exact) mass is 762 g/mol. The molecule has 0 bridgehead atoms. The van der Waals surface area contributed by atoms with Gasteiger partial charge in [-0.15, -0.1) is 0 Å². The largest absolute Gasteiger partial charge is 0.455 e. The van der Waals surface area contributed by atoms with Crippen molar-refractivity contribution in [2.45, 2.75) is 27.2 Å². The van der Waals surface area contributed by atoms with Gasteiger partial charge in [0.15, 0.2) is 0 Å². The van der Waals surface area contributed by atoms with E-state index in [-0.39, 0.29) is 0 Å². The van der Waals surface area contributed by atoms with Gasteiger partial charge in [0.05, 0.1) is 11.4 Å². The molecule has 0 N–H and O–H groups in total. The zero-order valence-electron chi connectivity index (χ0n) is 33.8. The highest BCUT2D eigenvalue weighted by Crippen LogP contribution is 2.45. The van der Waals surface area contributed by atoms with Crippen molar-refractivity contribution in [1.29, 1.82) is 0 Å². The highest BCUT2D eigenvalue weighted by Gasteiger charge is 2.21. The number of allylic oxidation sites excluding steroid dienone is 5. The maximum atomic E-state index is 6.96. The SMILES string of the molecule is C=C/C(=C\C=C/C)c1cc(-c2ccccc2)nc(Cc2cccc3oc4c(-c5ccccc5-c5ccccc5)cc(-c5ccccc5-c5ccccc5)cc4c23)n1.CC. The summed E-state index contributed by atoms with van der Waals surface area (Å²) >= 11 is 0. The second-order valence-electron chi connectivity index (χ2n) is 14.1. The summed E-state index contributed by atoms with van der Waals surface area (Å²) in [7, 11) is 0. The number of rotatable bonds is 10. The molecule has 0 fully saturated rings. The fourth-order valence-electron chi connectivity index (χ4n) is 7.81. The van der Waals surface area contributed by atoms with E-state index >= 15 is 0 Å². The third kappa shape index (κ3) is 7.97. The standard InChI is InChI=1S/C54H40N2O.C2H6/c1-3-5-20-37(4-2)49-36-50(40-25-13-8-14-26-40)56-52(55-49)35-41-27-19-32-51-53(41)48-34-42(45-30-16-15-28-43(45)38-21-9-6-10-22-38)33-47(54(48)57-51)46-31-18-17-29-44(46)39-23-11-7-12-24-39;1-2/h3-34,36H,2,35H2,1H3;1-2H3/b5-3-,37-20+;. The van der Waals surface area contributed by atoms with Crippen molar-refractivity contribution in [2.75, 3.05) is 0 Å². The molecule has 59 heavy (non-hydrogen) atoms. The number of hydrogen-bond donors (Lipinski definition) is 0. The van der Waals surface area contributed by atoms with Crippen LogP contribution < -0.4 is 0 Å². The Morgan fingerprint density at radius 2 is 1.12 bits per heavy atom. The maximum absolute atomic E-state index is 6.96. The molecule has 9 rings (SSSR count). The van der Waals surface area contributed by atoms with Crippen LogP contribution in [0.4, 0.5) is 0 Å². The minimum Gasteiger partial charge on any atom is -0.455 e. The smallest absolute Gasteiger partial charge is 0.143 e. The zero-order chi connectivity index (χ0) is 40.6. The molecule has 0 aliphatic carbocycles. The lowest BCUT2D eigenvalue weighted by Crippen LogP contribution is -2.02. The average molecular weight is 763 g/mol. The molecule has 0 spiro atoms. The Hall–Kier alpha value is -7.36. The summed E-state index contributed by atoms with van der Waals surface area (Å²) in [6.45, 7) is 10.1. The van der Waals surface area contributed by atoms with Gasteiger partial charge in [0.1, 0.15) is 17.0 Å². The van der Waals surface area contributed by atoms with Crippen LogP contribution in [0.1, 0.15) is 37.9 Å². The fraction of sp³-hybridized carbons (Fsp3) is 0.0714. The van der Waals surface area contributed by atoms with Crippen LogP contribution in [0, 0.1) is 0 Å². The first-order valence-electron chi connectivity index (χ1n) is 20.4. The van der Waals surface area contributed by atoms with Gasteiger partial charge in [-0.05, 0) is 81.3 Å². The third-order valence-electron chi connectivity index (χ3n) is 10.5. The lowest BCUT2D eigenvalue weighted by atomic mass is 9.88. The van der Waals surface area contributed by atoms with E-state index in [9.17, 15) is 0 Å². The second kappa shape index (κ2) is 17.8. The van der Waals surface area contributed by atoms with E-state index in [1.54, 1.807) is 0 Å². The molecule has 0 saturated heterocycles. The number of hydrogen-bond acceptors (Lipinski definition) is 3. The molecule has 286 valence electrons. The highest BCUT2D eigenvalue weighted by atomic mass is 16.3. The van der Waals surface area contributed by atoms with E-state index in [2.05, 4.69) is 164 Å². The van der Waals surface area contributed by atoms with Gasteiger partial charge < -0.3 is 4.42 Å². The average Bonchev–Trinajstić information content (AvgIpc) is 3.70. The van der Waals surface area contributed by atoms with Crippen LogP contribution in [0.2, 0.25) is 0 Å². The molecular weight excluding hydrogens is 717 g/mol. The van der Waals surface area contributed by atoms with Gasteiger partial charge in [-0.2, -0.15) is 0 Å². The molecule has 0 unspecified atom stereocenters. The fourth-order valence-corrected chi connectivity index (χ4v) is 7.81. The van der Waals surface area contributed by atoms with E-state index in [4.69, 9.17) is 14.4 Å². The van der Waals surface area contributed by atoms with E-state index in [1.165, 1.54) is 11.1 Å². The van der Waals surface area contributed by atoms with Gasteiger partial charge >= 0.3 is 0 Å². The number of aromatic nitrogens is 2. The molecule has 0 saturated carbocycles. The lowest BCUT2D eigenvalue weighted by Gasteiger charge is -2.15. The van der Waals surface area contributed by atoms with E-state index < -0.39 is 0 Å². The summed E-state index contributed by atoms with van der Waals surface area (Å²) in [6.07, 6.45) is 8.43. The van der Waals surface area contributed by atoms with Gasteiger partial charge in [0.25, 0.3) is 0 Å². The Balaban J connectivity index is 0.00000238. The van der Waals surface area contributed by atoms with Gasteiger partial charge in [-0.25, -0.2) is 9.97 Å². The first-order chi connectivity index (χ1) is 29.2. The molecule has 0 atom stereocenters. The van der Waals surface area contributed by atoms with Crippen LogP contribution in [0.3, 0.4) is 0 Å². The molecule has 0 radical (unpaired) electrons. The quantitative estimate of drug-likeness (QED) is 0.130. The van der Waals surface area contributed by atoms with Gasteiger partial charge in [-0.1, -0.05) is 196 Å². The Morgan fingerprint density at radius 3 is 1.73 bits per heavy atom. The summed E-state index contributed by atoms with van der Waals surface area (Å²) < 4.78 is 6.96. The summed E-state index contributed by atoms with van der Waals surface area (Å²) in [4.78, 5) is 10.3. The van der Waals surface area contributed by atoms with Crippen LogP contribution in [0.15, 0.2) is 211 Å². The molecular formula is C56H46N2O. The predicted octanol–water partition coefficient (Wildman–Crippen LogP) is 15.5. The normalized spacial score (nSPS) is 11.5. The second-order valence-corrected chi connectivity index (χ2v) is 14.1. The molecule has 0 amide bonds. The van der Waals surface area contributed by atoms with E-state index in [1.807, 2.05) is 63.3 Å². The molecule has 0 aliphatic heterocycles. The summed E-state index contributed by atoms with van der Waals surface area (Å²) in [5, 5.41) is 2.12. The van der Waals surface area contributed by atoms with Crippen molar-refractivity contribution in [1.82, 2.24) is 9.97 Å². The maximum Gasteiger partial charge on any atom is 0.143 e. The first kappa shape index (κ1) is 38.5. The van der Waals surface area contributed by atoms with Gasteiger partial charge in [-0.3, -0.25) is 0 Å². The Bertz CT molecular complexity index is 2940. The summed E-state index contributed by atoms with van der Waals surface area (Å²) in [6, 6.07) is 61.8. The zero-order valence-corrected chi connectivity index (χ0v) is 33.8. The minimum absolute atomic E-state index is 0.508. The number of nitrogens with zero attached hydrogens (tertiary/aromatic N) is 2. The Labute approximate surface area is 347 Å². The van der Waals surface area contributed by atoms with Crippen molar-refractivity contribution in [2.24, 2.45) is 0 Å². The van der Waals surface area contributed by atoms with Crippen molar-refractivity contribution in [3.8, 4) is 55.8 Å². The van der Waals surface area contributed by atoms with Crippen molar-refractivity contribution < 1.29 is 4.42 Å². The number of furan rings is 1. The molecule has 3 nitrogen and oxygen atoms in total. The number of fused-ring (bicyclic) bond motifs is 3. The molecule has 2 heterocycles. The lowest BCUT2D eigenvalue weighted by molar-refractivity contribution is 0.670. The molecule has 0 aliphatic rings. The predicted molar refractivity (Wildman–Crippen MR) is 250 cm³/mol. The van der Waals surface area contributed by atoms with Gasteiger partial charge in [0.2, 0.25) is 0 Å². The topological polar surface area (TPSA) is 38.9 Å². The van der Waals surface area contributed by atoms with E-state index in [0.717, 1.165) is 89.2 Å². The van der Waals surface area contributed by atoms with E-state index in [0.29, 0.717) is 6.42 Å². The highest BCUT2D eigenvalue weighted by molar-refractivity contribution is 6.14. The van der Waals surface area contributed by atoms with Crippen LogP contribution in [-0.4, -0.2) is 9.97 Å². The van der Waals surface area contributed by atoms with Crippen molar-refractivity contribution >= 4 is 27.5 Å². The van der Waals surface area contributed by atoms with Crippen LogP contribution in [0.5, 0.6) is 0 Å². The van der Waals surface area contributed by atoms with Crippen LogP contribution in [-0.2, 0) is 6.42 Å². The Morgan fingerprint density at radius 1 is 0.559 bits per heavy atom. The summed E-state index contributed by atoms with van der Waals surface area (Å²) in [5.74, 6) is 0.724. The molecule has 3 heteroatoms. The molecule has 7 aromatic carbocycles. The Kier molecular flexibility index (Phi) is 11.6. The first-order valence-corrected chi connectivity index (χ1v) is 20.4. The van der Waals surface area contributed by atoms with Crippen molar-refractivity contribution in [3.63, 3.8) is 0 Å². The van der Waals surface area contributed by atoms with Crippen LogP contribution in [0.25, 0.3) is 83.3 Å². The molecule has 9 aromatic rings. The van der Waals surface area contributed by atoms with Crippen LogP contribution >= 0.6 is 0 Å². The summed E-state index contributed by atoms with van der Waals surface area (Å²) in [5.41, 5.74) is 15.5. The third-order valence-corrected chi connectivity index (χ3v) is 10.5. The number of benzene rings is 7.